The number of hydrogen-bond donors (Lipinski definition) is 2. The third kappa shape index (κ3) is 2.03. The SMILES string of the molecule is NCc1nc(C2CCCC2)c(C(=O)O)s1. The maximum absolute atomic E-state index is 11.0. The summed E-state index contributed by atoms with van der Waals surface area (Å²) >= 11 is 1.22. The number of aromatic nitrogens is 1. The molecule has 1 aliphatic carbocycles. The second-order valence-electron chi connectivity index (χ2n) is 3.81. The van der Waals surface area contributed by atoms with E-state index < -0.39 is 5.97 Å². The maximum atomic E-state index is 11.0. The average molecular weight is 226 g/mol. The summed E-state index contributed by atoms with van der Waals surface area (Å²) in [4.78, 5) is 15.8. The van der Waals surface area contributed by atoms with Crippen LogP contribution in [0.5, 0.6) is 0 Å². The van der Waals surface area contributed by atoms with E-state index in [2.05, 4.69) is 4.98 Å². The van der Waals surface area contributed by atoms with Crippen LogP contribution in [0.3, 0.4) is 0 Å². The molecule has 1 fully saturated rings. The first-order chi connectivity index (χ1) is 7.22. The van der Waals surface area contributed by atoms with Crippen LogP contribution in [-0.4, -0.2) is 16.1 Å². The van der Waals surface area contributed by atoms with Gasteiger partial charge in [0.05, 0.1) is 5.69 Å². The van der Waals surface area contributed by atoms with Crippen LogP contribution < -0.4 is 5.73 Å². The molecular formula is C10H14N2O2S. The number of rotatable bonds is 3. The first-order valence-electron chi connectivity index (χ1n) is 5.15. The van der Waals surface area contributed by atoms with Gasteiger partial charge < -0.3 is 10.8 Å². The Balaban J connectivity index is 2.34. The monoisotopic (exact) mass is 226 g/mol. The Kier molecular flexibility index (Phi) is 3.02. The predicted octanol–water partition coefficient (Wildman–Crippen LogP) is 1.96. The molecule has 15 heavy (non-hydrogen) atoms. The molecule has 5 heteroatoms. The van der Waals surface area contributed by atoms with Crippen molar-refractivity contribution in [1.82, 2.24) is 4.98 Å². The molecule has 1 heterocycles. The zero-order valence-corrected chi connectivity index (χ0v) is 9.22. The summed E-state index contributed by atoms with van der Waals surface area (Å²) in [5.41, 5.74) is 6.25. The Morgan fingerprint density at radius 1 is 1.53 bits per heavy atom. The van der Waals surface area contributed by atoms with Crippen LogP contribution in [-0.2, 0) is 6.54 Å². The highest BCUT2D eigenvalue weighted by Crippen LogP contribution is 2.37. The minimum Gasteiger partial charge on any atom is -0.477 e. The lowest BCUT2D eigenvalue weighted by molar-refractivity contribution is 0.0700. The van der Waals surface area contributed by atoms with Gasteiger partial charge in [-0.3, -0.25) is 0 Å². The summed E-state index contributed by atoms with van der Waals surface area (Å²) in [6.45, 7) is 0.331. The van der Waals surface area contributed by atoms with Crippen LogP contribution in [0.2, 0.25) is 0 Å². The van der Waals surface area contributed by atoms with E-state index >= 15 is 0 Å². The molecule has 0 unspecified atom stereocenters. The normalized spacial score (nSPS) is 17.1. The largest absolute Gasteiger partial charge is 0.477 e. The van der Waals surface area contributed by atoms with E-state index in [0.29, 0.717) is 17.3 Å². The number of nitrogens with zero attached hydrogens (tertiary/aromatic N) is 1. The van der Waals surface area contributed by atoms with Crippen molar-refractivity contribution >= 4 is 17.3 Å². The van der Waals surface area contributed by atoms with E-state index in [0.717, 1.165) is 23.5 Å². The summed E-state index contributed by atoms with van der Waals surface area (Å²) in [5, 5.41) is 9.80. The number of carboxylic acids is 1. The summed E-state index contributed by atoms with van der Waals surface area (Å²) in [6.07, 6.45) is 4.49. The van der Waals surface area contributed by atoms with Gasteiger partial charge in [0.1, 0.15) is 9.88 Å². The summed E-state index contributed by atoms with van der Waals surface area (Å²) < 4.78 is 0. The zero-order chi connectivity index (χ0) is 10.8. The lowest BCUT2D eigenvalue weighted by Gasteiger charge is -2.05. The highest BCUT2D eigenvalue weighted by atomic mass is 32.1. The van der Waals surface area contributed by atoms with E-state index in [9.17, 15) is 4.79 Å². The van der Waals surface area contributed by atoms with E-state index in [1.165, 1.54) is 24.2 Å². The van der Waals surface area contributed by atoms with Crippen molar-refractivity contribution < 1.29 is 9.90 Å². The second-order valence-corrected chi connectivity index (χ2v) is 4.90. The summed E-state index contributed by atoms with van der Waals surface area (Å²) in [6, 6.07) is 0. The molecule has 4 nitrogen and oxygen atoms in total. The summed E-state index contributed by atoms with van der Waals surface area (Å²) in [7, 11) is 0. The Morgan fingerprint density at radius 3 is 2.73 bits per heavy atom. The molecular weight excluding hydrogens is 212 g/mol. The average Bonchev–Trinajstić information content (AvgIpc) is 2.86. The van der Waals surface area contributed by atoms with E-state index in [1.54, 1.807) is 0 Å². The standard InChI is InChI=1S/C10H14N2O2S/c11-5-7-12-8(6-3-1-2-4-6)9(15-7)10(13)14/h6H,1-5,11H2,(H,13,14). The molecule has 1 aromatic rings. The van der Waals surface area contributed by atoms with Gasteiger partial charge in [0.2, 0.25) is 0 Å². The Hall–Kier alpha value is -0.940. The van der Waals surface area contributed by atoms with Crippen molar-refractivity contribution in [3.8, 4) is 0 Å². The van der Waals surface area contributed by atoms with Crippen molar-refractivity contribution in [3.05, 3.63) is 15.6 Å². The van der Waals surface area contributed by atoms with Gasteiger partial charge in [-0.05, 0) is 12.8 Å². The molecule has 1 aliphatic rings. The number of aromatic carboxylic acids is 1. The minimum absolute atomic E-state index is 0.331. The number of nitrogens with two attached hydrogens (primary N) is 1. The first kappa shape index (κ1) is 10.6. The topological polar surface area (TPSA) is 76.2 Å². The van der Waals surface area contributed by atoms with E-state index in [1.807, 2.05) is 0 Å². The van der Waals surface area contributed by atoms with Crippen molar-refractivity contribution in [3.63, 3.8) is 0 Å². The lowest BCUT2D eigenvalue weighted by atomic mass is 10.0. The number of carbonyl (C=O) groups is 1. The molecule has 0 aliphatic heterocycles. The van der Waals surface area contributed by atoms with Crippen molar-refractivity contribution in [1.29, 1.82) is 0 Å². The van der Waals surface area contributed by atoms with Crippen LogP contribution in [0.1, 0.15) is 52.0 Å². The van der Waals surface area contributed by atoms with Crippen LogP contribution in [0.25, 0.3) is 0 Å². The van der Waals surface area contributed by atoms with Gasteiger partial charge in [0.25, 0.3) is 0 Å². The molecule has 1 saturated carbocycles. The maximum Gasteiger partial charge on any atom is 0.347 e. The van der Waals surface area contributed by atoms with Crippen molar-refractivity contribution in [2.24, 2.45) is 5.73 Å². The van der Waals surface area contributed by atoms with Gasteiger partial charge in [-0.1, -0.05) is 12.8 Å². The molecule has 0 saturated heterocycles. The van der Waals surface area contributed by atoms with Crippen LogP contribution in [0.15, 0.2) is 0 Å². The zero-order valence-electron chi connectivity index (χ0n) is 8.40. The van der Waals surface area contributed by atoms with Crippen LogP contribution >= 0.6 is 11.3 Å². The first-order valence-corrected chi connectivity index (χ1v) is 5.97. The molecule has 1 aromatic heterocycles. The Morgan fingerprint density at radius 2 is 2.20 bits per heavy atom. The molecule has 2 rings (SSSR count). The molecule has 82 valence electrons. The van der Waals surface area contributed by atoms with Crippen LogP contribution in [0, 0.1) is 0 Å². The fourth-order valence-corrected chi connectivity index (χ4v) is 2.96. The number of carboxylic acid groups (broad SMARTS) is 1. The summed E-state index contributed by atoms with van der Waals surface area (Å²) in [5.74, 6) is -0.526. The molecule has 0 atom stereocenters. The molecule has 0 aromatic carbocycles. The molecule has 0 amide bonds. The van der Waals surface area contributed by atoms with Gasteiger partial charge >= 0.3 is 5.97 Å². The minimum atomic E-state index is -0.867. The lowest BCUT2D eigenvalue weighted by Crippen LogP contribution is -2.03. The molecule has 0 spiro atoms. The second kappa shape index (κ2) is 4.28. The fraction of sp³-hybridized carbons (Fsp3) is 0.600. The smallest absolute Gasteiger partial charge is 0.347 e. The van der Waals surface area contributed by atoms with Crippen molar-refractivity contribution in [2.75, 3.05) is 0 Å². The van der Waals surface area contributed by atoms with E-state index in [4.69, 9.17) is 10.8 Å². The predicted molar refractivity (Wildman–Crippen MR) is 58.2 cm³/mol. The molecule has 0 bridgehead atoms. The molecule has 0 radical (unpaired) electrons. The van der Waals surface area contributed by atoms with Gasteiger partial charge in [0, 0.05) is 12.5 Å². The highest BCUT2D eigenvalue weighted by Gasteiger charge is 2.26. The Bertz CT molecular complexity index is 369. The van der Waals surface area contributed by atoms with E-state index in [-0.39, 0.29) is 0 Å². The third-order valence-corrected chi connectivity index (χ3v) is 3.89. The van der Waals surface area contributed by atoms with Gasteiger partial charge in [-0.15, -0.1) is 11.3 Å². The molecule has 3 N–H and O–H groups in total. The third-order valence-electron chi connectivity index (χ3n) is 2.81. The van der Waals surface area contributed by atoms with Crippen molar-refractivity contribution in [2.45, 2.75) is 38.1 Å². The van der Waals surface area contributed by atoms with Gasteiger partial charge in [-0.25, -0.2) is 9.78 Å². The van der Waals surface area contributed by atoms with Gasteiger partial charge in [-0.2, -0.15) is 0 Å². The van der Waals surface area contributed by atoms with Gasteiger partial charge in [0.15, 0.2) is 0 Å². The Labute approximate surface area is 92.1 Å². The quantitative estimate of drug-likeness (QED) is 0.826. The fourth-order valence-electron chi connectivity index (χ4n) is 2.09. The highest BCUT2D eigenvalue weighted by molar-refractivity contribution is 7.13. The number of hydrogen-bond acceptors (Lipinski definition) is 4. The number of thiazole rings is 1. The van der Waals surface area contributed by atoms with Crippen LogP contribution in [0.4, 0.5) is 0 Å².